The predicted molar refractivity (Wildman–Crippen MR) is 125 cm³/mol. The van der Waals surface area contributed by atoms with E-state index in [9.17, 15) is 17.6 Å². The Balaban J connectivity index is 1.86. The number of ketones is 1. The maximum atomic E-state index is 14.7. The van der Waals surface area contributed by atoms with Crippen LogP contribution in [-0.2, 0) is 23.1 Å². The van der Waals surface area contributed by atoms with E-state index in [0.717, 1.165) is 44.4 Å². The number of benzene rings is 2. The normalized spacial score (nSPS) is 15.6. The molecule has 0 aliphatic carbocycles. The molecule has 2 N–H and O–H groups in total. The summed E-state index contributed by atoms with van der Waals surface area (Å²) < 4.78 is 41.7. The lowest BCUT2D eigenvalue weighted by Gasteiger charge is -2.32. The number of nitrogens with two attached hydrogens (primary N) is 1. The fourth-order valence-electron chi connectivity index (χ4n) is 3.70. The Kier molecular flexibility index (Phi) is 8.00. The molecule has 0 amide bonds. The Bertz CT molecular complexity index is 1050. The number of piperazine rings is 1. The van der Waals surface area contributed by atoms with Gasteiger partial charge in [-0.1, -0.05) is 24.3 Å². The van der Waals surface area contributed by atoms with Gasteiger partial charge < -0.3 is 10.6 Å². The van der Waals surface area contributed by atoms with Crippen LogP contribution in [0, 0.1) is 5.82 Å². The summed E-state index contributed by atoms with van der Waals surface area (Å²) in [4.78, 5) is 16.4. The van der Waals surface area contributed by atoms with E-state index >= 15 is 0 Å². The van der Waals surface area contributed by atoms with Crippen molar-refractivity contribution in [3.05, 3.63) is 65.0 Å². The molecule has 0 spiro atoms. The molecule has 2 aromatic rings. The second kappa shape index (κ2) is 10.5. The maximum Gasteiger partial charge on any atom is 0.235 e. The molecular formula is C23H31FN4O3S. The number of likely N-dealkylation sites (N-methyl/N-ethyl adjacent to an activating group) is 1. The molecule has 0 bridgehead atoms. The number of hydrogen-bond acceptors (Lipinski definition) is 6. The van der Waals surface area contributed by atoms with Gasteiger partial charge in [-0.2, -0.15) is 0 Å². The smallest absolute Gasteiger partial charge is 0.235 e. The standard InChI is InChI=1S/C23H31FN4O3S/c1-3-32(30,31)28(17-20-8-7-19(14-22(20)24)23(29)15-25)21-6-4-5-18(13-21)16-27-11-9-26(2)10-12-27/h4-8,13-14H,3,9-12,15-17,25H2,1-2H3. The van der Waals surface area contributed by atoms with Gasteiger partial charge in [0.15, 0.2) is 5.78 Å². The lowest BCUT2D eigenvalue weighted by Crippen LogP contribution is -2.43. The first kappa shape index (κ1) is 24.3. The van der Waals surface area contributed by atoms with Crippen LogP contribution in [0.1, 0.15) is 28.4 Å². The second-order valence-corrected chi connectivity index (χ2v) is 10.3. The van der Waals surface area contributed by atoms with Crippen molar-refractivity contribution in [2.45, 2.75) is 20.0 Å². The molecule has 3 rings (SSSR count). The van der Waals surface area contributed by atoms with Crippen LogP contribution in [0.2, 0.25) is 0 Å². The Labute approximate surface area is 189 Å². The quantitative estimate of drug-likeness (QED) is 0.574. The van der Waals surface area contributed by atoms with Crippen molar-refractivity contribution in [3.63, 3.8) is 0 Å². The Hall–Kier alpha value is -2.33. The van der Waals surface area contributed by atoms with Crippen molar-refractivity contribution in [1.29, 1.82) is 0 Å². The van der Waals surface area contributed by atoms with Crippen LogP contribution in [0.5, 0.6) is 0 Å². The minimum atomic E-state index is -3.66. The zero-order chi connectivity index (χ0) is 23.3. The van der Waals surface area contributed by atoms with Crippen LogP contribution in [-0.4, -0.2) is 69.5 Å². The first-order chi connectivity index (χ1) is 15.2. The predicted octanol–water partition coefficient (Wildman–Crippen LogP) is 2.07. The van der Waals surface area contributed by atoms with E-state index < -0.39 is 15.8 Å². The van der Waals surface area contributed by atoms with Crippen LogP contribution in [0.3, 0.4) is 0 Å². The number of halogens is 1. The molecule has 0 aromatic heterocycles. The van der Waals surface area contributed by atoms with Gasteiger partial charge in [-0.15, -0.1) is 0 Å². The summed E-state index contributed by atoms with van der Waals surface area (Å²) in [5.41, 5.74) is 7.22. The SMILES string of the molecule is CCS(=O)(=O)N(Cc1ccc(C(=O)CN)cc1F)c1cccc(CN2CCN(C)CC2)c1. The van der Waals surface area contributed by atoms with E-state index in [1.54, 1.807) is 13.0 Å². The van der Waals surface area contributed by atoms with Gasteiger partial charge in [-0.3, -0.25) is 14.0 Å². The number of carbonyl (C=O) groups is 1. The summed E-state index contributed by atoms with van der Waals surface area (Å²) in [5, 5.41) is 0. The van der Waals surface area contributed by atoms with E-state index in [4.69, 9.17) is 5.73 Å². The van der Waals surface area contributed by atoms with E-state index in [1.165, 1.54) is 16.4 Å². The number of nitrogens with zero attached hydrogens (tertiary/aromatic N) is 3. The van der Waals surface area contributed by atoms with Gasteiger partial charge in [0.1, 0.15) is 5.82 Å². The average molecular weight is 463 g/mol. The number of hydrogen-bond donors (Lipinski definition) is 1. The van der Waals surface area contributed by atoms with E-state index in [1.807, 2.05) is 18.2 Å². The molecule has 0 unspecified atom stereocenters. The topological polar surface area (TPSA) is 86.9 Å². The fourth-order valence-corrected chi connectivity index (χ4v) is 4.78. The summed E-state index contributed by atoms with van der Waals surface area (Å²) in [7, 11) is -1.56. The minimum absolute atomic E-state index is 0.110. The molecule has 174 valence electrons. The van der Waals surface area contributed by atoms with Crippen LogP contribution >= 0.6 is 0 Å². The van der Waals surface area contributed by atoms with Gasteiger partial charge in [0, 0.05) is 43.9 Å². The van der Waals surface area contributed by atoms with Crippen molar-refractivity contribution >= 4 is 21.5 Å². The molecule has 0 radical (unpaired) electrons. The minimum Gasteiger partial charge on any atom is -0.324 e. The highest BCUT2D eigenvalue weighted by atomic mass is 32.2. The zero-order valence-electron chi connectivity index (χ0n) is 18.6. The van der Waals surface area contributed by atoms with Gasteiger partial charge >= 0.3 is 0 Å². The third kappa shape index (κ3) is 5.92. The van der Waals surface area contributed by atoms with Gasteiger partial charge in [-0.05, 0) is 37.7 Å². The van der Waals surface area contributed by atoms with Gasteiger partial charge in [0.2, 0.25) is 10.0 Å². The Morgan fingerprint density at radius 3 is 2.47 bits per heavy atom. The summed E-state index contributed by atoms with van der Waals surface area (Å²) in [6, 6.07) is 11.4. The molecule has 1 fully saturated rings. The van der Waals surface area contributed by atoms with Crippen molar-refractivity contribution in [2.75, 3.05) is 49.8 Å². The van der Waals surface area contributed by atoms with Crippen molar-refractivity contribution in [2.24, 2.45) is 5.73 Å². The molecule has 9 heteroatoms. The molecule has 1 aliphatic heterocycles. The zero-order valence-corrected chi connectivity index (χ0v) is 19.4. The van der Waals surface area contributed by atoms with Gasteiger partial charge in [0.25, 0.3) is 0 Å². The highest BCUT2D eigenvalue weighted by molar-refractivity contribution is 7.92. The molecule has 0 atom stereocenters. The number of carbonyl (C=O) groups excluding carboxylic acids is 1. The lowest BCUT2D eigenvalue weighted by atomic mass is 10.1. The molecule has 0 saturated carbocycles. The number of anilines is 1. The van der Waals surface area contributed by atoms with Crippen LogP contribution in [0.15, 0.2) is 42.5 Å². The Morgan fingerprint density at radius 1 is 1.12 bits per heavy atom. The molecular weight excluding hydrogens is 431 g/mol. The highest BCUT2D eigenvalue weighted by Crippen LogP contribution is 2.25. The molecule has 1 aliphatic rings. The van der Waals surface area contributed by atoms with Gasteiger partial charge in [-0.25, -0.2) is 12.8 Å². The molecule has 1 saturated heterocycles. The third-order valence-electron chi connectivity index (χ3n) is 5.78. The summed E-state index contributed by atoms with van der Waals surface area (Å²) in [6.07, 6.45) is 0. The number of sulfonamides is 1. The van der Waals surface area contributed by atoms with Crippen molar-refractivity contribution in [1.82, 2.24) is 9.80 Å². The first-order valence-electron chi connectivity index (χ1n) is 10.8. The average Bonchev–Trinajstić information content (AvgIpc) is 2.79. The second-order valence-electron chi connectivity index (χ2n) is 8.09. The summed E-state index contributed by atoms with van der Waals surface area (Å²) in [5.74, 6) is -1.11. The summed E-state index contributed by atoms with van der Waals surface area (Å²) in [6.45, 7) is 5.83. The Morgan fingerprint density at radius 2 is 1.84 bits per heavy atom. The molecule has 2 aromatic carbocycles. The van der Waals surface area contributed by atoms with Gasteiger partial charge in [0.05, 0.1) is 24.5 Å². The maximum absolute atomic E-state index is 14.7. The fraction of sp³-hybridized carbons (Fsp3) is 0.435. The molecule has 32 heavy (non-hydrogen) atoms. The van der Waals surface area contributed by atoms with E-state index in [-0.39, 0.29) is 35.8 Å². The third-order valence-corrected chi connectivity index (χ3v) is 7.52. The number of Topliss-reactive ketones (excluding diaryl/α,β-unsaturated/α-hetero) is 1. The van der Waals surface area contributed by atoms with Crippen molar-refractivity contribution < 1.29 is 17.6 Å². The van der Waals surface area contributed by atoms with Crippen LogP contribution in [0.4, 0.5) is 10.1 Å². The van der Waals surface area contributed by atoms with Crippen LogP contribution in [0.25, 0.3) is 0 Å². The lowest BCUT2D eigenvalue weighted by molar-refractivity contribution is 0.100. The van der Waals surface area contributed by atoms with Crippen LogP contribution < -0.4 is 10.0 Å². The van der Waals surface area contributed by atoms with E-state index in [0.29, 0.717) is 5.69 Å². The number of rotatable bonds is 9. The van der Waals surface area contributed by atoms with Crippen molar-refractivity contribution in [3.8, 4) is 0 Å². The monoisotopic (exact) mass is 462 g/mol. The molecule has 7 nitrogen and oxygen atoms in total. The largest absolute Gasteiger partial charge is 0.324 e. The summed E-state index contributed by atoms with van der Waals surface area (Å²) >= 11 is 0. The molecule has 1 heterocycles. The highest BCUT2D eigenvalue weighted by Gasteiger charge is 2.23. The van der Waals surface area contributed by atoms with E-state index in [2.05, 4.69) is 16.8 Å². The first-order valence-corrected chi connectivity index (χ1v) is 12.4.